The van der Waals surface area contributed by atoms with Gasteiger partial charge in [-0.05, 0) is 31.9 Å². The Bertz CT molecular complexity index is 627. The second-order valence-corrected chi connectivity index (χ2v) is 7.24. The zero-order valence-electron chi connectivity index (χ0n) is 11.3. The van der Waals surface area contributed by atoms with Crippen molar-refractivity contribution in [3.63, 3.8) is 0 Å². The first kappa shape index (κ1) is 13.6. The van der Waals surface area contributed by atoms with Crippen LogP contribution in [0.4, 0.5) is 0 Å². The SMILES string of the molecule is Cc1ccc(SCc2nc(C3CC3)c(C(=N)N)s2)cc1. The molecule has 1 heterocycles. The average Bonchev–Trinajstić information content (AvgIpc) is 3.18. The number of thioether (sulfide) groups is 1. The van der Waals surface area contributed by atoms with E-state index in [0.29, 0.717) is 5.92 Å². The maximum absolute atomic E-state index is 7.67. The van der Waals surface area contributed by atoms with Crippen molar-refractivity contribution in [2.75, 3.05) is 0 Å². The van der Waals surface area contributed by atoms with Crippen LogP contribution in [-0.2, 0) is 5.75 Å². The first-order valence-corrected chi connectivity index (χ1v) is 8.47. The summed E-state index contributed by atoms with van der Waals surface area (Å²) in [5.41, 5.74) is 8.00. The van der Waals surface area contributed by atoms with E-state index < -0.39 is 0 Å². The van der Waals surface area contributed by atoms with Gasteiger partial charge in [-0.3, -0.25) is 5.41 Å². The summed E-state index contributed by atoms with van der Waals surface area (Å²) < 4.78 is 0. The number of aryl methyl sites for hydroxylation is 1. The number of nitrogen functional groups attached to an aromatic ring is 1. The number of thiazole rings is 1. The summed E-state index contributed by atoms with van der Waals surface area (Å²) in [7, 11) is 0. The molecule has 1 saturated carbocycles. The molecule has 20 heavy (non-hydrogen) atoms. The molecule has 0 amide bonds. The van der Waals surface area contributed by atoms with E-state index in [0.717, 1.165) is 21.3 Å². The second-order valence-electron chi connectivity index (χ2n) is 5.11. The van der Waals surface area contributed by atoms with Crippen molar-refractivity contribution in [3.8, 4) is 0 Å². The van der Waals surface area contributed by atoms with Crippen LogP contribution in [0.2, 0.25) is 0 Å². The summed E-state index contributed by atoms with van der Waals surface area (Å²) in [5.74, 6) is 1.56. The Kier molecular flexibility index (Phi) is 3.81. The van der Waals surface area contributed by atoms with E-state index in [-0.39, 0.29) is 5.84 Å². The van der Waals surface area contributed by atoms with E-state index >= 15 is 0 Å². The molecule has 0 spiro atoms. The van der Waals surface area contributed by atoms with Crippen molar-refractivity contribution in [1.29, 1.82) is 5.41 Å². The largest absolute Gasteiger partial charge is 0.383 e. The number of aromatic nitrogens is 1. The molecule has 0 bridgehead atoms. The summed E-state index contributed by atoms with van der Waals surface area (Å²) in [6.45, 7) is 2.09. The number of nitrogens with zero attached hydrogens (tertiary/aromatic N) is 1. The molecule has 3 N–H and O–H groups in total. The number of nitrogens with one attached hydrogen (secondary N) is 1. The summed E-state index contributed by atoms with van der Waals surface area (Å²) >= 11 is 3.36. The minimum absolute atomic E-state index is 0.163. The molecule has 1 aliphatic carbocycles. The summed E-state index contributed by atoms with van der Waals surface area (Å²) in [4.78, 5) is 6.84. The van der Waals surface area contributed by atoms with Gasteiger partial charge in [0.2, 0.25) is 0 Å². The molecule has 0 atom stereocenters. The molecule has 1 aromatic carbocycles. The molecule has 3 rings (SSSR count). The van der Waals surface area contributed by atoms with Crippen LogP contribution >= 0.6 is 23.1 Å². The van der Waals surface area contributed by atoms with Gasteiger partial charge in [0.15, 0.2) is 0 Å². The van der Waals surface area contributed by atoms with Crippen LogP contribution in [0.3, 0.4) is 0 Å². The number of nitrogens with two attached hydrogens (primary N) is 1. The Morgan fingerprint density at radius 1 is 1.40 bits per heavy atom. The van der Waals surface area contributed by atoms with E-state index in [9.17, 15) is 0 Å². The lowest BCUT2D eigenvalue weighted by Gasteiger charge is -1.99. The predicted octanol–water partition coefficient (Wildman–Crippen LogP) is 3.91. The molecule has 104 valence electrons. The highest BCUT2D eigenvalue weighted by Crippen LogP contribution is 2.43. The van der Waals surface area contributed by atoms with Crippen LogP contribution in [0.5, 0.6) is 0 Å². The fraction of sp³-hybridized carbons (Fsp3) is 0.333. The first-order valence-electron chi connectivity index (χ1n) is 6.67. The third kappa shape index (κ3) is 3.04. The van der Waals surface area contributed by atoms with Crippen LogP contribution in [0.15, 0.2) is 29.2 Å². The van der Waals surface area contributed by atoms with Crippen LogP contribution in [0.25, 0.3) is 0 Å². The number of benzene rings is 1. The molecule has 0 saturated heterocycles. The van der Waals surface area contributed by atoms with E-state index in [4.69, 9.17) is 16.1 Å². The maximum Gasteiger partial charge on any atom is 0.135 e. The Labute approximate surface area is 127 Å². The van der Waals surface area contributed by atoms with Gasteiger partial charge in [-0.15, -0.1) is 23.1 Å². The molecular weight excluding hydrogens is 286 g/mol. The van der Waals surface area contributed by atoms with Gasteiger partial charge in [-0.2, -0.15) is 0 Å². The zero-order valence-corrected chi connectivity index (χ0v) is 13.0. The molecule has 1 fully saturated rings. The van der Waals surface area contributed by atoms with Crippen LogP contribution in [0.1, 0.15) is 39.9 Å². The van der Waals surface area contributed by atoms with Gasteiger partial charge in [0.25, 0.3) is 0 Å². The smallest absolute Gasteiger partial charge is 0.135 e. The van der Waals surface area contributed by atoms with Crippen molar-refractivity contribution >= 4 is 28.9 Å². The van der Waals surface area contributed by atoms with Crippen molar-refractivity contribution in [2.45, 2.75) is 36.3 Å². The molecule has 5 heteroatoms. The average molecular weight is 303 g/mol. The first-order chi connectivity index (χ1) is 9.63. The predicted molar refractivity (Wildman–Crippen MR) is 85.8 cm³/mol. The highest BCUT2D eigenvalue weighted by Gasteiger charge is 2.30. The van der Waals surface area contributed by atoms with Crippen LogP contribution < -0.4 is 5.73 Å². The van der Waals surface area contributed by atoms with Crippen molar-refractivity contribution < 1.29 is 0 Å². The number of amidine groups is 1. The monoisotopic (exact) mass is 303 g/mol. The number of hydrogen-bond acceptors (Lipinski definition) is 4. The van der Waals surface area contributed by atoms with Crippen LogP contribution in [-0.4, -0.2) is 10.8 Å². The molecule has 1 aliphatic rings. The Morgan fingerprint density at radius 3 is 2.70 bits per heavy atom. The Morgan fingerprint density at radius 2 is 2.10 bits per heavy atom. The standard InChI is InChI=1S/C15H17N3S2/c1-9-2-6-11(7-3-9)19-8-12-18-13(10-4-5-10)14(20-12)15(16)17/h2-3,6-7,10H,4-5,8H2,1H3,(H3,16,17). The maximum atomic E-state index is 7.67. The van der Waals surface area contributed by atoms with Gasteiger partial charge < -0.3 is 5.73 Å². The molecule has 1 aromatic heterocycles. The van der Waals surface area contributed by atoms with Gasteiger partial charge in [-0.25, -0.2) is 4.98 Å². The Hall–Kier alpha value is -1.33. The molecule has 0 unspecified atom stereocenters. The Balaban J connectivity index is 1.72. The van der Waals surface area contributed by atoms with Gasteiger partial charge in [0.05, 0.1) is 16.3 Å². The van der Waals surface area contributed by atoms with Crippen molar-refractivity contribution in [2.24, 2.45) is 5.73 Å². The van der Waals surface area contributed by atoms with Crippen molar-refractivity contribution in [1.82, 2.24) is 4.98 Å². The lowest BCUT2D eigenvalue weighted by Crippen LogP contribution is -2.11. The third-order valence-corrected chi connectivity index (χ3v) is 5.60. The summed E-state index contributed by atoms with van der Waals surface area (Å²) in [5, 5.41) is 8.74. The third-order valence-electron chi connectivity index (χ3n) is 3.29. The van der Waals surface area contributed by atoms with Gasteiger partial charge >= 0.3 is 0 Å². The second kappa shape index (κ2) is 5.58. The topological polar surface area (TPSA) is 62.8 Å². The normalized spacial score (nSPS) is 14.4. The molecule has 3 nitrogen and oxygen atoms in total. The highest BCUT2D eigenvalue weighted by atomic mass is 32.2. The van der Waals surface area contributed by atoms with Gasteiger partial charge in [-0.1, -0.05) is 17.7 Å². The minimum atomic E-state index is 0.163. The van der Waals surface area contributed by atoms with Crippen molar-refractivity contribution in [3.05, 3.63) is 45.4 Å². The number of rotatable bonds is 5. The fourth-order valence-electron chi connectivity index (χ4n) is 2.05. The van der Waals surface area contributed by atoms with E-state index in [2.05, 4.69) is 31.2 Å². The molecular formula is C15H17N3S2. The summed E-state index contributed by atoms with van der Waals surface area (Å²) in [6, 6.07) is 8.53. The van der Waals surface area contributed by atoms with Gasteiger partial charge in [0.1, 0.15) is 10.8 Å². The van der Waals surface area contributed by atoms with E-state index in [1.165, 1.54) is 23.3 Å². The lowest BCUT2D eigenvalue weighted by molar-refractivity contribution is 1.02. The fourth-order valence-corrected chi connectivity index (χ4v) is 3.95. The zero-order chi connectivity index (χ0) is 14.1. The number of hydrogen-bond donors (Lipinski definition) is 2. The minimum Gasteiger partial charge on any atom is -0.383 e. The molecule has 0 radical (unpaired) electrons. The van der Waals surface area contributed by atoms with E-state index in [1.54, 1.807) is 23.1 Å². The summed E-state index contributed by atoms with van der Waals surface area (Å²) in [6.07, 6.45) is 2.38. The lowest BCUT2D eigenvalue weighted by atomic mass is 10.2. The van der Waals surface area contributed by atoms with E-state index in [1.807, 2.05) is 0 Å². The molecule has 2 aromatic rings. The quantitative estimate of drug-likeness (QED) is 0.500. The highest BCUT2D eigenvalue weighted by molar-refractivity contribution is 7.98. The van der Waals surface area contributed by atoms with Crippen LogP contribution in [0, 0.1) is 12.3 Å². The van der Waals surface area contributed by atoms with Gasteiger partial charge in [0, 0.05) is 10.8 Å². The molecule has 0 aliphatic heterocycles.